The van der Waals surface area contributed by atoms with Crippen LogP contribution in [0.2, 0.25) is 0 Å². The molecule has 0 bridgehead atoms. The minimum atomic E-state index is 0. The molecule has 1 aliphatic rings. The van der Waals surface area contributed by atoms with E-state index in [1.807, 2.05) is 6.07 Å². The fraction of sp³-hybridized carbons (Fsp3) is 0.696. The van der Waals surface area contributed by atoms with Crippen molar-refractivity contribution in [2.24, 2.45) is 4.99 Å². The molecule has 178 valence electrons. The lowest BCUT2D eigenvalue weighted by atomic mass is 10.2. The van der Waals surface area contributed by atoms with Crippen LogP contribution in [0.4, 0.5) is 0 Å². The molecule has 2 rings (SSSR count). The quantitative estimate of drug-likeness (QED) is 0.170. The first kappa shape index (κ1) is 27.8. The van der Waals surface area contributed by atoms with E-state index in [2.05, 4.69) is 41.6 Å². The second-order valence-corrected chi connectivity index (χ2v) is 7.78. The van der Waals surface area contributed by atoms with E-state index in [9.17, 15) is 0 Å². The van der Waals surface area contributed by atoms with Crippen LogP contribution in [0.5, 0.6) is 11.5 Å². The number of rotatable bonds is 13. The second kappa shape index (κ2) is 16.4. The number of nitrogens with zero attached hydrogens (tertiary/aromatic N) is 2. The van der Waals surface area contributed by atoms with Crippen LogP contribution in [0.25, 0.3) is 0 Å². The number of guanidine groups is 1. The molecule has 0 aliphatic heterocycles. The molecule has 1 fully saturated rings. The molecule has 0 radical (unpaired) electrons. The van der Waals surface area contributed by atoms with E-state index in [1.54, 1.807) is 14.2 Å². The van der Waals surface area contributed by atoms with Gasteiger partial charge < -0.3 is 29.7 Å². The van der Waals surface area contributed by atoms with E-state index < -0.39 is 0 Å². The number of aliphatic imine (C=N–C) groups is 1. The van der Waals surface area contributed by atoms with Crippen LogP contribution in [0, 0.1) is 0 Å². The first-order valence-electron chi connectivity index (χ1n) is 11.2. The molecule has 8 heteroatoms. The standard InChI is InChI=1S/C23H40N4O3.HI/c1-5-24-23(25-13-15-27(2)14-8-16-28-3)26-18-19-11-12-21(29-4)22(17-19)30-20-9-6-7-10-20;/h11-12,17,20H,5-10,13-16,18H2,1-4H3,(H2,24,25,26);1H. The van der Waals surface area contributed by atoms with Crippen LogP contribution < -0.4 is 20.1 Å². The highest BCUT2D eigenvalue weighted by Gasteiger charge is 2.18. The van der Waals surface area contributed by atoms with E-state index in [0.717, 1.165) is 75.1 Å². The highest BCUT2D eigenvalue weighted by molar-refractivity contribution is 14.0. The van der Waals surface area contributed by atoms with Gasteiger partial charge in [-0.1, -0.05) is 6.07 Å². The maximum Gasteiger partial charge on any atom is 0.191 e. The fourth-order valence-corrected chi connectivity index (χ4v) is 3.57. The number of hydrogen-bond acceptors (Lipinski definition) is 5. The van der Waals surface area contributed by atoms with E-state index in [-0.39, 0.29) is 24.0 Å². The van der Waals surface area contributed by atoms with Gasteiger partial charge in [0.15, 0.2) is 17.5 Å². The Labute approximate surface area is 205 Å². The first-order valence-corrected chi connectivity index (χ1v) is 11.2. The number of benzene rings is 1. The van der Waals surface area contributed by atoms with E-state index >= 15 is 0 Å². The number of hydrogen-bond donors (Lipinski definition) is 2. The second-order valence-electron chi connectivity index (χ2n) is 7.78. The van der Waals surface area contributed by atoms with Crippen molar-refractivity contribution in [1.82, 2.24) is 15.5 Å². The van der Waals surface area contributed by atoms with Crippen LogP contribution in [-0.2, 0) is 11.3 Å². The first-order chi connectivity index (χ1) is 14.7. The zero-order valence-electron chi connectivity index (χ0n) is 19.6. The van der Waals surface area contributed by atoms with Crippen molar-refractivity contribution < 1.29 is 14.2 Å². The Morgan fingerprint density at radius 2 is 1.90 bits per heavy atom. The molecule has 31 heavy (non-hydrogen) atoms. The monoisotopic (exact) mass is 548 g/mol. The highest BCUT2D eigenvalue weighted by Crippen LogP contribution is 2.32. The molecule has 1 saturated carbocycles. The Bertz CT molecular complexity index is 639. The molecule has 0 atom stereocenters. The molecule has 7 nitrogen and oxygen atoms in total. The summed E-state index contributed by atoms with van der Waals surface area (Å²) in [5.74, 6) is 2.45. The lowest BCUT2D eigenvalue weighted by molar-refractivity contribution is 0.180. The predicted octanol–water partition coefficient (Wildman–Crippen LogP) is 3.66. The molecule has 0 aromatic heterocycles. The highest BCUT2D eigenvalue weighted by atomic mass is 127. The van der Waals surface area contributed by atoms with Gasteiger partial charge in [0.1, 0.15) is 0 Å². The summed E-state index contributed by atoms with van der Waals surface area (Å²) in [5.41, 5.74) is 1.11. The molecule has 1 aliphatic carbocycles. The van der Waals surface area contributed by atoms with Gasteiger partial charge in [0.05, 0.1) is 19.8 Å². The van der Waals surface area contributed by atoms with Gasteiger partial charge in [-0.2, -0.15) is 0 Å². The average molecular weight is 549 g/mol. The maximum absolute atomic E-state index is 6.20. The van der Waals surface area contributed by atoms with Crippen molar-refractivity contribution in [3.05, 3.63) is 23.8 Å². The van der Waals surface area contributed by atoms with Crippen molar-refractivity contribution in [1.29, 1.82) is 0 Å². The molecule has 2 N–H and O–H groups in total. The zero-order valence-corrected chi connectivity index (χ0v) is 21.9. The molecule has 0 saturated heterocycles. The van der Waals surface area contributed by atoms with Crippen LogP contribution in [0.15, 0.2) is 23.2 Å². The summed E-state index contributed by atoms with van der Waals surface area (Å²) < 4.78 is 16.8. The summed E-state index contributed by atoms with van der Waals surface area (Å²) in [4.78, 5) is 7.04. The topological polar surface area (TPSA) is 67.4 Å². The number of nitrogens with one attached hydrogen (secondary N) is 2. The van der Waals surface area contributed by atoms with Crippen LogP contribution in [0.1, 0.15) is 44.6 Å². The lowest BCUT2D eigenvalue weighted by Gasteiger charge is -2.18. The third-order valence-electron chi connectivity index (χ3n) is 5.26. The number of ether oxygens (including phenoxy) is 3. The minimum Gasteiger partial charge on any atom is -0.493 e. The number of likely N-dealkylation sites (N-methyl/N-ethyl adjacent to an activating group) is 1. The fourth-order valence-electron chi connectivity index (χ4n) is 3.57. The van der Waals surface area contributed by atoms with Gasteiger partial charge in [0.2, 0.25) is 0 Å². The van der Waals surface area contributed by atoms with Gasteiger partial charge >= 0.3 is 0 Å². The number of halogens is 1. The Morgan fingerprint density at radius 1 is 1.13 bits per heavy atom. The summed E-state index contributed by atoms with van der Waals surface area (Å²) in [6.45, 7) is 7.12. The van der Waals surface area contributed by atoms with Crippen molar-refractivity contribution in [3.8, 4) is 11.5 Å². The van der Waals surface area contributed by atoms with Gasteiger partial charge in [-0.3, -0.25) is 0 Å². The third kappa shape index (κ3) is 10.7. The van der Waals surface area contributed by atoms with Gasteiger partial charge in [0.25, 0.3) is 0 Å². The molecule has 0 amide bonds. The van der Waals surface area contributed by atoms with Crippen molar-refractivity contribution in [3.63, 3.8) is 0 Å². The van der Waals surface area contributed by atoms with Crippen LogP contribution >= 0.6 is 24.0 Å². The Hall–Kier alpha value is -1.26. The summed E-state index contributed by atoms with van der Waals surface area (Å²) >= 11 is 0. The minimum absolute atomic E-state index is 0. The molecule has 0 spiro atoms. The van der Waals surface area contributed by atoms with Crippen LogP contribution in [-0.4, -0.2) is 71.0 Å². The van der Waals surface area contributed by atoms with Crippen molar-refractivity contribution in [2.75, 3.05) is 54.1 Å². The summed E-state index contributed by atoms with van der Waals surface area (Å²) in [6, 6.07) is 6.09. The molecule has 0 heterocycles. The molecule has 1 aromatic carbocycles. The molecule has 0 unspecified atom stereocenters. The smallest absolute Gasteiger partial charge is 0.191 e. The van der Waals surface area contributed by atoms with Crippen molar-refractivity contribution >= 4 is 29.9 Å². The SMILES string of the molecule is CCNC(=NCc1ccc(OC)c(OC2CCCC2)c1)NCCN(C)CCCOC.I. The Balaban J connectivity index is 0.00000480. The normalized spacial score (nSPS) is 14.4. The average Bonchev–Trinajstić information content (AvgIpc) is 3.25. The molecular weight excluding hydrogens is 507 g/mol. The predicted molar refractivity (Wildman–Crippen MR) is 138 cm³/mol. The van der Waals surface area contributed by atoms with Gasteiger partial charge in [-0.15, -0.1) is 24.0 Å². The van der Waals surface area contributed by atoms with Gasteiger partial charge in [-0.25, -0.2) is 4.99 Å². The van der Waals surface area contributed by atoms with E-state index in [0.29, 0.717) is 12.6 Å². The van der Waals surface area contributed by atoms with Gasteiger partial charge in [-0.05, 0) is 63.8 Å². The van der Waals surface area contributed by atoms with Crippen molar-refractivity contribution in [2.45, 2.75) is 51.7 Å². The summed E-state index contributed by atoms with van der Waals surface area (Å²) in [5, 5.41) is 6.74. The summed E-state index contributed by atoms with van der Waals surface area (Å²) in [6.07, 6.45) is 6.09. The van der Waals surface area contributed by atoms with E-state index in [4.69, 9.17) is 19.2 Å². The zero-order chi connectivity index (χ0) is 21.6. The maximum atomic E-state index is 6.20. The van der Waals surface area contributed by atoms with Gasteiger partial charge in [0, 0.05) is 39.9 Å². The largest absolute Gasteiger partial charge is 0.493 e. The van der Waals surface area contributed by atoms with E-state index in [1.165, 1.54) is 12.8 Å². The molecule has 1 aromatic rings. The Kier molecular flexibility index (Phi) is 14.7. The Morgan fingerprint density at radius 3 is 2.58 bits per heavy atom. The third-order valence-corrected chi connectivity index (χ3v) is 5.26. The lowest BCUT2D eigenvalue weighted by Crippen LogP contribution is -2.41. The molecular formula is C23H41IN4O3. The summed E-state index contributed by atoms with van der Waals surface area (Å²) in [7, 11) is 5.56. The van der Waals surface area contributed by atoms with Crippen LogP contribution in [0.3, 0.4) is 0 Å². The number of methoxy groups -OCH3 is 2.